The summed E-state index contributed by atoms with van der Waals surface area (Å²) in [4.78, 5) is 0. The average Bonchev–Trinajstić information content (AvgIpc) is 3.62. The van der Waals surface area contributed by atoms with E-state index in [0.29, 0.717) is 0 Å². The summed E-state index contributed by atoms with van der Waals surface area (Å²) in [6.07, 6.45) is 0. The van der Waals surface area contributed by atoms with Crippen LogP contribution < -0.4 is 0 Å². The van der Waals surface area contributed by atoms with E-state index in [9.17, 15) is 0 Å². The van der Waals surface area contributed by atoms with Gasteiger partial charge in [-0.05, 0) is 110 Å². The molecule has 0 aliphatic carbocycles. The molecule has 0 fully saturated rings. The molecule has 242 valence electrons. The van der Waals surface area contributed by atoms with Gasteiger partial charge in [0.2, 0.25) is 0 Å². The van der Waals surface area contributed by atoms with E-state index in [2.05, 4.69) is 170 Å². The van der Waals surface area contributed by atoms with E-state index >= 15 is 0 Å². The normalized spacial score (nSPS) is 12.5. The molecule has 13 rings (SSSR count). The Hall–Kier alpha value is -6.96. The standard InChI is InChI=1S/C52H28O/c1-2-12-37-29(6-1)18-27-43-50-44(39-24-20-35-17-15-31-8-4-10-33-22-26-42(39)48(35)46(31)33)28-36-11-5-13-40(49(36)52(50)53-51(37)43)38-23-19-34-16-14-30-7-3-9-32-21-25-41(38)47(34)45(30)32/h1-28H. The number of fused-ring (bicyclic) bond motifs is 7. The first kappa shape index (κ1) is 27.7. The number of hydrogen-bond acceptors (Lipinski definition) is 1. The highest BCUT2D eigenvalue weighted by Gasteiger charge is 2.23. The van der Waals surface area contributed by atoms with Crippen LogP contribution in [0.25, 0.3) is 130 Å². The molecule has 0 saturated carbocycles. The zero-order valence-corrected chi connectivity index (χ0v) is 28.6. The highest BCUT2D eigenvalue weighted by molar-refractivity contribution is 6.32. The molecule has 0 radical (unpaired) electrons. The number of benzene rings is 12. The van der Waals surface area contributed by atoms with Gasteiger partial charge in [0.05, 0.1) is 0 Å². The Labute approximate surface area is 303 Å². The minimum Gasteiger partial charge on any atom is -0.455 e. The van der Waals surface area contributed by atoms with Crippen LogP contribution >= 0.6 is 0 Å². The topological polar surface area (TPSA) is 13.1 Å². The molecule has 53 heavy (non-hydrogen) atoms. The lowest BCUT2D eigenvalue weighted by Gasteiger charge is -2.17. The maximum atomic E-state index is 7.25. The van der Waals surface area contributed by atoms with Crippen molar-refractivity contribution in [2.75, 3.05) is 0 Å². The summed E-state index contributed by atoms with van der Waals surface area (Å²) in [7, 11) is 0. The molecule has 13 aromatic rings. The Morgan fingerprint density at radius 2 is 0.698 bits per heavy atom. The van der Waals surface area contributed by atoms with Crippen LogP contribution in [0.15, 0.2) is 174 Å². The van der Waals surface area contributed by atoms with E-state index in [-0.39, 0.29) is 0 Å². The first-order valence-electron chi connectivity index (χ1n) is 18.4. The van der Waals surface area contributed by atoms with Gasteiger partial charge in [-0.15, -0.1) is 0 Å². The zero-order chi connectivity index (χ0) is 34.4. The highest BCUT2D eigenvalue weighted by atomic mass is 16.3. The molecule has 1 aromatic heterocycles. The van der Waals surface area contributed by atoms with Gasteiger partial charge in [0, 0.05) is 21.5 Å². The predicted octanol–water partition coefficient (Wildman–Crippen LogP) is 15.0. The molecule has 0 aliphatic heterocycles. The molecule has 1 heteroatoms. The largest absolute Gasteiger partial charge is 0.455 e. The van der Waals surface area contributed by atoms with Crippen LogP contribution in [0.3, 0.4) is 0 Å². The van der Waals surface area contributed by atoms with Crippen molar-refractivity contribution >= 4 is 108 Å². The van der Waals surface area contributed by atoms with Crippen molar-refractivity contribution in [3.63, 3.8) is 0 Å². The van der Waals surface area contributed by atoms with Crippen molar-refractivity contribution in [2.24, 2.45) is 0 Å². The minimum absolute atomic E-state index is 0.940. The average molecular weight is 669 g/mol. The van der Waals surface area contributed by atoms with Gasteiger partial charge in [-0.2, -0.15) is 0 Å². The van der Waals surface area contributed by atoms with Crippen LogP contribution in [0.4, 0.5) is 0 Å². The van der Waals surface area contributed by atoms with Gasteiger partial charge >= 0.3 is 0 Å². The van der Waals surface area contributed by atoms with E-state index < -0.39 is 0 Å². The lowest BCUT2D eigenvalue weighted by atomic mass is 9.85. The lowest BCUT2D eigenvalue weighted by molar-refractivity contribution is 0.676. The smallest absolute Gasteiger partial charge is 0.144 e. The monoisotopic (exact) mass is 668 g/mol. The molecule has 0 spiro atoms. The van der Waals surface area contributed by atoms with Crippen molar-refractivity contribution in [1.82, 2.24) is 0 Å². The zero-order valence-electron chi connectivity index (χ0n) is 28.6. The van der Waals surface area contributed by atoms with Gasteiger partial charge < -0.3 is 4.42 Å². The van der Waals surface area contributed by atoms with Crippen LogP contribution in [-0.4, -0.2) is 0 Å². The Balaban J connectivity index is 1.20. The molecule has 0 aliphatic rings. The molecule has 0 unspecified atom stereocenters. The molecule has 0 bridgehead atoms. The molecule has 1 nitrogen and oxygen atoms in total. The Kier molecular flexibility index (Phi) is 5.17. The van der Waals surface area contributed by atoms with Gasteiger partial charge in [-0.3, -0.25) is 0 Å². The van der Waals surface area contributed by atoms with Crippen molar-refractivity contribution in [3.8, 4) is 22.3 Å². The summed E-state index contributed by atoms with van der Waals surface area (Å²) < 4.78 is 7.25. The van der Waals surface area contributed by atoms with E-state index in [1.807, 2.05) is 0 Å². The minimum atomic E-state index is 0.940. The summed E-state index contributed by atoms with van der Waals surface area (Å²) in [6, 6.07) is 63.1. The Morgan fingerprint density at radius 3 is 1.36 bits per heavy atom. The fourth-order valence-electron chi connectivity index (χ4n) is 9.82. The SMILES string of the molecule is c1ccc2c(c1)ccc1c2oc2c3c(-c4ccc5ccc6cccc7ccc4c5c67)cccc3cc(-c3ccc4ccc5cccc6ccc3c4c56)c12. The third kappa shape index (κ3) is 3.56. The summed E-state index contributed by atoms with van der Waals surface area (Å²) >= 11 is 0. The van der Waals surface area contributed by atoms with Crippen LogP contribution in [-0.2, 0) is 0 Å². The number of hydrogen-bond donors (Lipinski definition) is 0. The second-order valence-corrected chi connectivity index (χ2v) is 14.7. The van der Waals surface area contributed by atoms with E-state index in [1.165, 1.54) is 103 Å². The van der Waals surface area contributed by atoms with E-state index in [0.717, 1.165) is 27.3 Å². The fraction of sp³-hybridized carbons (Fsp3) is 0. The van der Waals surface area contributed by atoms with Crippen molar-refractivity contribution < 1.29 is 4.42 Å². The third-order valence-corrected chi connectivity index (χ3v) is 12.1. The summed E-state index contributed by atoms with van der Waals surface area (Å²) in [6.45, 7) is 0. The first-order valence-corrected chi connectivity index (χ1v) is 18.4. The molecule has 0 amide bonds. The molecular formula is C52H28O. The van der Waals surface area contributed by atoms with E-state index in [4.69, 9.17) is 4.42 Å². The molecule has 0 atom stereocenters. The third-order valence-electron chi connectivity index (χ3n) is 12.1. The molecule has 1 heterocycles. The van der Waals surface area contributed by atoms with Crippen LogP contribution in [0.1, 0.15) is 0 Å². The van der Waals surface area contributed by atoms with Crippen LogP contribution in [0, 0.1) is 0 Å². The molecule has 0 saturated heterocycles. The van der Waals surface area contributed by atoms with Crippen molar-refractivity contribution in [3.05, 3.63) is 170 Å². The van der Waals surface area contributed by atoms with Crippen molar-refractivity contribution in [1.29, 1.82) is 0 Å². The summed E-state index contributed by atoms with van der Waals surface area (Å²) in [5, 5.41) is 22.5. The highest BCUT2D eigenvalue weighted by Crippen LogP contribution is 2.49. The Bertz CT molecular complexity index is 3640. The second kappa shape index (κ2) is 9.88. The molecule has 12 aromatic carbocycles. The predicted molar refractivity (Wildman–Crippen MR) is 227 cm³/mol. The second-order valence-electron chi connectivity index (χ2n) is 14.7. The fourth-order valence-corrected chi connectivity index (χ4v) is 9.82. The summed E-state index contributed by atoms with van der Waals surface area (Å²) in [5.74, 6) is 0. The van der Waals surface area contributed by atoms with Gasteiger partial charge in [0.25, 0.3) is 0 Å². The van der Waals surface area contributed by atoms with Gasteiger partial charge in [0.1, 0.15) is 11.2 Å². The number of rotatable bonds is 2. The maximum absolute atomic E-state index is 7.25. The van der Waals surface area contributed by atoms with Crippen LogP contribution in [0.5, 0.6) is 0 Å². The van der Waals surface area contributed by atoms with E-state index in [1.54, 1.807) is 0 Å². The first-order chi connectivity index (χ1) is 26.3. The quantitative estimate of drug-likeness (QED) is 0.167. The van der Waals surface area contributed by atoms with Gasteiger partial charge in [0.15, 0.2) is 0 Å². The van der Waals surface area contributed by atoms with Crippen molar-refractivity contribution in [2.45, 2.75) is 0 Å². The molecule has 0 N–H and O–H groups in total. The number of furan rings is 1. The van der Waals surface area contributed by atoms with Gasteiger partial charge in [-0.25, -0.2) is 0 Å². The lowest BCUT2D eigenvalue weighted by Crippen LogP contribution is -1.91. The Morgan fingerprint density at radius 1 is 0.226 bits per heavy atom. The van der Waals surface area contributed by atoms with Crippen LogP contribution in [0.2, 0.25) is 0 Å². The molecular weight excluding hydrogens is 641 g/mol. The summed E-state index contributed by atoms with van der Waals surface area (Å²) in [5.41, 5.74) is 6.73. The van der Waals surface area contributed by atoms with Gasteiger partial charge in [-0.1, -0.05) is 158 Å². The maximum Gasteiger partial charge on any atom is 0.144 e.